The zero-order valence-corrected chi connectivity index (χ0v) is 16.6. The summed E-state index contributed by atoms with van der Waals surface area (Å²) in [5, 5.41) is 3.45. The number of likely N-dealkylation sites (tertiary alicyclic amines) is 1. The molecular weight excluding hydrogens is 393 g/mol. The molecule has 1 rings (SSSR count). The molecule has 0 aliphatic carbocycles. The van der Waals surface area contributed by atoms with E-state index in [9.17, 15) is 4.79 Å². The Kier molecular flexibility index (Phi) is 12.6. The first-order valence-corrected chi connectivity index (χ1v) is 8.19. The van der Waals surface area contributed by atoms with Gasteiger partial charge in [0.15, 0.2) is 5.96 Å². The molecule has 1 heterocycles. The molecule has 0 saturated carbocycles. The maximum atomic E-state index is 11.0. The van der Waals surface area contributed by atoms with E-state index < -0.39 is 0 Å². The highest BCUT2D eigenvalue weighted by Gasteiger charge is 2.18. The van der Waals surface area contributed by atoms with Crippen LogP contribution in [-0.4, -0.2) is 50.6 Å². The molecule has 0 bridgehead atoms. The molecule has 1 saturated heterocycles. The minimum atomic E-state index is -0.104. The summed E-state index contributed by atoms with van der Waals surface area (Å²) < 4.78 is 4.63. The van der Waals surface area contributed by atoms with Crippen LogP contribution in [0.25, 0.3) is 0 Å². The van der Waals surface area contributed by atoms with Gasteiger partial charge >= 0.3 is 5.97 Å². The summed E-state index contributed by atoms with van der Waals surface area (Å²) in [5.41, 5.74) is 0. The molecule has 0 aromatic heterocycles. The van der Waals surface area contributed by atoms with Crippen molar-refractivity contribution in [2.75, 3.05) is 33.8 Å². The fourth-order valence-electron chi connectivity index (χ4n) is 2.60. The number of rotatable bonds is 7. The molecule has 6 heteroatoms. The van der Waals surface area contributed by atoms with Gasteiger partial charge in [-0.1, -0.05) is 19.8 Å². The number of hydrogen-bond acceptors (Lipinski definition) is 3. The molecule has 1 aliphatic heterocycles. The van der Waals surface area contributed by atoms with Gasteiger partial charge in [0.2, 0.25) is 0 Å². The number of esters is 1. The summed E-state index contributed by atoms with van der Waals surface area (Å²) in [6.45, 7) is 5.50. The summed E-state index contributed by atoms with van der Waals surface area (Å²) in [5.74, 6) is 1.78. The number of unbranched alkanes of at least 4 members (excludes halogenated alkanes) is 3. The smallest absolute Gasteiger partial charge is 0.305 e. The number of guanidine groups is 1. The van der Waals surface area contributed by atoms with Crippen molar-refractivity contribution in [1.29, 1.82) is 0 Å². The zero-order valence-electron chi connectivity index (χ0n) is 14.3. The van der Waals surface area contributed by atoms with Crippen LogP contribution in [0.2, 0.25) is 0 Å². The third-order valence-corrected chi connectivity index (χ3v) is 4.11. The monoisotopic (exact) mass is 425 g/mol. The summed E-state index contributed by atoms with van der Waals surface area (Å²) in [4.78, 5) is 17.7. The Hall–Kier alpha value is -0.530. The predicted molar refractivity (Wildman–Crippen MR) is 102 cm³/mol. The van der Waals surface area contributed by atoms with E-state index in [0.29, 0.717) is 6.42 Å². The van der Waals surface area contributed by atoms with Gasteiger partial charge in [-0.2, -0.15) is 0 Å². The van der Waals surface area contributed by atoms with Crippen LogP contribution in [0.15, 0.2) is 4.99 Å². The fraction of sp³-hybridized carbons (Fsp3) is 0.875. The number of methoxy groups -OCH3 is 1. The lowest BCUT2D eigenvalue weighted by atomic mass is 10.00. The van der Waals surface area contributed by atoms with Crippen LogP contribution < -0.4 is 5.32 Å². The first kappa shape index (κ1) is 21.5. The van der Waals surface area contributed by atoms with Gasteiger partial charge in [-0.3, -0.25) is 9.79 Å². The molecule has 1 N–H and O–H groups in total. The number of hydrogen-bond donors (Lipinski definition) is 1. The molecule has 22 heavy (non-hydrogen) atoms. The fourth-order valence-corrected chi connectivity index (χ4v) is 2.60. The molecule has 0 spiro atoms. The molecule has 0 amide bonds. The van der Waals surface area contributed by atoms with Crippen LogP contribution in [0, 0.1) is 5.92 Å². The van der Waals surface area contributed by atoms with Crippen molar-refractivity contribution in [3.05, 3.63) is 0 Å². The van der Waals surface area contributed by atoms with Crippen molar-refractivity contribution in [2.45, 2.75) is 51.9 Å². The Balaban J connectivity index is 0.00000441. The van der Waals surface area contributed by atoms with Crippen LogP contribution in [0.5, 0.6) is 0 Å². The van der Waals surface area contributed by atoms with E-state index in [0.717, 1.165) is 57.2 Å². The molecule has 1 fully saturated rings. The van der Waals surface area contributed by atoms with Gasteiger partial charge in [-0.15, -0.1) is 24.0 Å². The van der Waals surface area contributed by atoms with Crippen molar-refractivity contribution in [3.8, 4) is 0 Å². The maximum Gasteiger partial charge on any atom is 0.305 e. The lowest BCUT2D eigenvalue weighted by Gasteiger charge is -2.32. The summed E-state index contributed by atoms with van der Waals surface area (Å²) in [6.07, 6.45) is 7.31. The summed E-state index contributed by atoms with van der Waals surface area (Å²) in [6, 6.07) is 0. The lowest BCUT2D eigenvalue weighted by Crippen LogP contribution is -2.45. The van der Waals surface area contributed by atoms with Gasteiger partial charge in [0.25, 0.3) is 0 Å². The Morgan fingerprint density at radius 1 is 1.23 bits per heavy atom. The minimum Gasteiger partial charge on any atom is -0.469 e. The van der Waals surface area contributed by atoms with E-state index in [2.05, 4.69) is 26.9 Å². The van der Waals surface area contributed by atoms with Crippen molar-refractivity contribution in [3.63, 3.8) is 0 Å². The van der Waals surface area contributed by atoms with Gasteiger partial charge in [0.1, 0.15) is 0 Å². The highest BCUT2D eigenvalue weighted by molar-refractivity contribution is 14.0. The van der Waals surface area contributed by atoms with Crippen LogP contribution >= 0.6 is 24.0 Å². The average Bonchev–Trinajstić information content (AvgIpc) is 2.51. The van der Waals surface area contributed by atoms with Crippen molar-refractivity contribution >= 4 is 35.9 Å². The zero-order chi connectivity index (χ0) is 15.5. The lowest BCUT2D eigenvalue weighted by molar-refractivity contribution is -0.140. The normalized spacial score (nSPS) is 16.1. The Morgan fingerprint density at radius 2 is 1.86 bits per heavy atom. The number of piperidine rings is 1. The van der Waals surface area contributed by atoms with Gasteiger partial charge < -0.3 is 15.0 Å². The number of nitrogens with zero attached hydrogens (tertiary/aromatic N) is 2. The van der Waals surface area contributed by atoms with E-state index in [-0.39, 0.29) is 29.9 Å². The summed E-state index contributed by atoms with van der Waals surface area (Å²) in [7, 11) is 3.30. The van der Waals surface area contributed by atoms with E-state index in [4.69, 9.17) is 0 Å². The van der Waals surface area contributed by atoms with Crippen LogP contribution in [-0.2, 0) is 9.53 Å². The van der Waals surface area contributed by atoms with Gasteiger partial charge in [-0.05, 0) is 31.6 Å². The molecule has 0 aromatic carbocycles. The topological polar surface area (TPSA) is 53.9 Å². The summed E-state index contributed by atoms with van der Waals surface area (Å²) >= 11 is 0. The average molecular weight is 425 g/mol. The van der Waals surface area contributed by atoms with Crippen molar-refractivity contribution in [2.24, 2.45) is 10.9 Å². The molecule has 0 unspecified atom stereocenters. The highest BCUT2D eigenvalue weighted by Crippen LogP contribution is 2.15. The number of carbonyl (C=O) groups excluding carboxylic acids is 1. The number of halogens is 1. The maximum absolute atomic E-state index is 11.0. The molecule has 130 valence electrons. The van der Waals surface area contributed by atoms with E-state index in [1.54, 1.807) is 0 Å². The molecule has 1 aliphatic rings. The quantitative estimate of drug-likeness (QED) is 0.224. The van der Waals surface area contributed by atoms with Crippen LogP contribution in [0.4, 0.5) is 0 Å². The van der Waals surface area contributed by atoms with E-state index in [1.165, 1.54) is 20.0 Å². The van der Waals surface area contributed by atoms with Crippen LogP contribution in [0.3, 0.4) is 0 Å². The molecule has 0 aromatic rings. The number of ether oxygens (including phenoxy) is 1. The largest absolute Gasteiger partial charge is 0.469 e. The molecule has 0 atom stereocenters. The first-order valence-electron chi connectivity index (χ1n) is 8.19. The standard InChI is InChI=1S/C16H31N3O2.HI/c1-14-9-12-19(13-10-14)16(17-2)18-11-7-5-4-6-8-15(20)21-3;/h14H,4-13H2,1-3H3,(H,17,18);1H. The Morgan fingerprint density at radius 3 is 2.45 bits per heavy atom. The minimum absolute atomic E-state index is 0. The first-order chi connectivity index (χ1) is 10.2. The second-order valence-corrected chi connectivity index (χ2v) is 5.88. The number of nitrogens with one attached hydrogen (secondary N) is 1. The van der Waals surface area contributed by atoms with Crippen molar-refractivity contribution < 1.29 is 9.53 Å². The Labute approximate surface area is 152 Å². The van der Waals surface area contributed by atoms with E-state index in [1.807, 2.05) is 7.05 Å². The van der Waals surface area contributed by atoms with E-state index >= 15 is 0 Å². The third kappa shape index (κ3) is 8.80. The van der Waals surface area contributed by atoms with Crippen molar-refractivity contribution in [1.82, 2.24) is 10.2 Å². The molecule has 0 radical (unpaired) electrons. The molecular formula is C16H32IN3O2. The SMILES string of the molecule is CN=C(NCCCCCCC(=O)OC)N1CCC(C)CC1.I. The van der Waals surface area contributed by atoms with Gasteiger partial charge in [-0.25, -0.2) is 0 Å². The molecule has 5 nitrogen and oxygen atoms in total. The number of aliphatic imine (C=N–C) groups is 1. The Bertz CT molecular complexity index is 329. The van der Waals surface area contributed by atoms with Gasteiger partial charge in [0.05, 0.1) is 7.11 Å². The van der Waals surface area contributed by atoms with Crippen LogP contribution in [0.1, 0.15) is 51.9 Å². The number of carbonyl (C=O) groups is 1. The predicted octanol–water partition coefficient (Wildman–Crippen LogP) is 3.04. The van der Waals surface area contributed by atoms with Gasteiger partial charge in [0, 0.05) is 33.1 Å². The highest BCUT2D eigenvalue weighted by atomic mass is 127. The third-order valence-electron chi connectivity index (χ3n) is 4.11. The second kappa shape index (κ2) is 13.0. The second-order valence-electron chi connectivity index (χ2n) is 5.88.